The highest BCUT2D eigenvalue weighted by Gasteiger charge is 2.36. The van der Waals surface area contributed by atoms with Crippen LogP contribution in [0.25, 0.3) is 42.5 Å². The third-order valence-electron chi connectivity index (χ3n) is 30.0. The third kappa shape index (κ3) is 34.4. The molecule has 0 bridgehead atoms. The molecule has 0 amide bonds. The van der Waals surface area contributed by atoms with Crippen molar-refractivity contribution < 1.29 is 0 Å². The fraction of sp³-hybridized carbons (Fsp3) is 0.583. The van der Waals surface area contributed by atoms with Crippen LogP contribution in [0, 0.1) is 59.6 Å². The summed E-state index contributed by atoms with van der Waals surface area (Å²) >= 11 is 0. The van der Waals surface area contributed by atoms with Gasteiger partial charge in [0.1, 0.15) is 5.82 Å². The van der Waals surface area contributed by atoms with Crippen LogP contribution < -0.4 is 0 Å². The van der Waals surface area contributed by atoms with Crippen LogP contribution in [-0.2, 0) is 82.9 Å². The SMILES string of the molecule is CC(C)(C)C1=CC=C(C(C)(C)C)C1.CC(C)(C)C1=CCC(C(C)(C)C)=C1.CC(C)(C)C1=Cc2cc(C(C)(C)C)ccc2C1.CC(C)(C)C1=Cc2cc(C(C)(C)C)cnc2C1.CC(C)(C)C1=Cc2ccc(C(C)(C)C)cc2C1.CC(C)(C)C1=Cc2ccc(C(C)(C)C)nc2C1.CC(C)(C)C1=Cc2cnc(C(C)(C)C)cc2C1.CC(C)(C)C1=Cc2cnc(C(C)(C)C)nc2C1.CC(C)(C)C1=Cc2ncc(C(C)(C)C)cc2C1. The Hall–Kier alpha value is -8.74. The lowest BCUT2D eigenvalue weighted by atomic mass is 9.80. The molecular weight excluding hydrogens is 1750 g/mol. The van der Waals surface area contributed by atoms with Gasteiger partial charge in [0.2, 0.25) is 0 Å². The summed E-state index contributed by atoms with van der Waals surface area (Å²) in [6.45, 7) is 122. The zero-order valence-corrected chi connectivity index (χ0v) is 103. The minimum absolute atomic E-state index is 0.0273. The molecule has 7 aromatic rings. The summed E-state index contributed by atoms with van der Waals surface area (Å²) in [4.78, 5) is 27.9. The molecule has 0 radical (unpaired) electrons. The summed E-state index contributed by atoms with van der Waals surface area (Å²) < 4.78 is 0. The lowest BCUT2D eigenvalue weighted by Crippen LogP contribution is -2.17. The lowest BCUT2D eigenvalue weighted by molar-refractivity contribution is 0.458. The topological polar surface area (TPSA) is 77.3 Å². The van der Waals surface area contributed by atoms with Crippen molar-refractivity contribution in [1.29, 1.82) is 0 Å². The quantitative estimate of drug-likeness (QED) is 0.151. The van der Waals surface area contributed by atoms with Crippen LogP contribution in [-0.4, -0.2) is 29.9 Å². The van der Waals surface area contributed by atoms with Gasteiger partial charge >= 0.3 is 0 Å². The Morgan fingerprint density at radius 3 is 0.959 bits per heavy atom. The molecule has 792 valence electrons. The number of hydrogen-bond acceptors (Lipinski definition) is 6. The highest BCUT2D eigenvalue weighted by molar-refractivity contribution is 5.70. The van der Waals surface area contributed by atoms with Crippen LogP contribution in [0.1, 0.15) is 505 Å². The molecule has 0 atom stereocenters. The first kappa shape index (κ1) is 121. The van der Waals surface area contributed by atoms with Crippen LogP contribution in [0.4, 0.5) is 0 Å². The monoisotopic (exact) mass is 1960 g/mol. The Balaban J connectivity index is 0.000000200. The maximum atomic E-state index is 4.84. The van der Waals surface area contributed by atoms with Crippen molar-refractivity contribution in [2.24, 2.45) is 59.6 Å². The third-order valence-corrected chi connectivity index (χ3v) is 30.0. The number of pyridine rings is 4. The summed E-state index contributed by atoms with van der Waals surface area (Å²) in [6, 6.07) is 25.2. The first-order valence-electron chi connectivity index (χ1n) is 55.1. The molecule has 145 heavy (non-hydrogen) atoms. The van der Waals surface area contributed by atoms with Gasteiger partial charge in [0, 0.05) is 77.2 Å². The zero-order chi connectivity index (χ0) is 110. The molecule has 0 spiro atoms. The van der Waals surface area contributed by atoms with E-state index in [1.165, 1.54) is 152 Å². The summed E-state index contributed by atoms with van der Waals surface area (Å²) in [5.41, 5.74) is 47.6. The number of fused-ring (bicyclic) bond motifs is 7. The Kier molecular flexibility index (Phi) is 36.6. The summed E-state index contributed by atoms with van der Waals surface area (Å²) in [6.07, 6.45) is 43.4. The van der Waals surface area contributed by atoms with Crippen molar-refractivity contribution >= 4 is 42.5 Å². The van der Waals surface area contributed by atoms with Crippen molar-refractivity contribution in [1.82, 2.24) is 29.9 Å². The molecule has 16 rings (SSSR count). The molecule has 0 saturated heterocycles. The highest BCUT2D eigenvalue weighted by Crippen LogP contribution is 2.48. The smallest absolute Gasteiger partial charge is 0.133 e. The van der Waals surface area contributed by atoms with Crippen LogP contribution in [0.5, 0.6) is 0 Å². The molecule has 0 unspecified atom stereocenters. The minimum Gasteiger partial charge on any atom is -0.260 e. The number of aromatic nitrogens is 6. The second kappa shape index (κ2) is 43.7. The van der Waals surface area contributed by atoms with E-state index in [0.29, 0.717) is 32.5 Å². The maximum Gasteiger partial charge on any atom is 0.133 e. The average Bonchev–Trinajstić information content (AvgIpc) is 1.66. The number of hydrogen-bond donors (Lipinski definition) is 0. The summed E-state index contributed by atoms with van der Waals surface area (Å²) in [5.74, 6) is 0.944. The number of nitrogens with zero attached hydrogens (tertiary/aromatic N) is 6. The fourth-order valence-electron chi connectivity index (χ4n) is 18.1. The van der Waals surface area contributed by atoms with Gasteiger partial charge in [-0.2, -0.15) is 0 Å². The molecule has 6 heteroatoms. The first-order valence-corrected chi connectivity index (χ1v) is 55.1. The van der Waals surface area contributed by atoms with Gasteiger partial charge in [-0.15, -0.1) is 0 Å². The summed E-state index contributed by atoms with van der Waals surface area (Å²) in [5, 5.41) is 0. The van der Waals surface area contributed by atoms with Gasteiger partial charge in [0.15, 0.2) is 0 Å². The van der Waals surface area contributed by atoms with Gasteiger partial charge in [-0.05, 0) is 222 Å². The highest BCUT2D eigenvalue weighted by atomic mass is 14.9. The standard InChI is InChI=1S/2C17H24.4C16H23N.C15H22N2.2C13H22/c2*1-16(2,3)14-8-7-12-9-15(17(4,5)6)11-13(12)10-14;1-15(2,3)13-7-11-9-14(16(4,5)6)17-10-12(11)8-13;2*1-15(2,3)12-7-11-8-13(16(4,5)6)10-17-14(11)9-12;1-15(2,3)12-9-11-7-8-14(16(4,5)6)17-13(11)10-12;1-14(2,3)11-7-10-9-16-13(15(4,5)6)17-12(10)8-11;2*1-12(2,3)10-7-8-11(9-10)13(4,5)6/h7-8,10-11H,9H2,1-6H3;7-10H,11H2,1-6H3;2*8-10H,7H2,1-6H3;7-8,10H,9H2,1-6H3;7-9H,10H2,1-6H3;7,9H,8H2,1-6H3;7,9H,8H2,1-6H3;7-8H,9H2,1-6H3. The molecular formula is C139H206N6. The minimum atomic E-state index is 0.0273. The van der Waals surface area contributed by atoms with E-state index in [1.807, 2.05) is 24.8 Å². The van der Waals surface area contributed by atoms with Crippen molar-refractivity contribution in [2.45, 2.75) is 470 Å². The largest absolute Gasteiger partial charge is 0.260 e. The molecule has 2 aromatic carbocycles. The van der Waals surface area contributed by atoms with Crippen molar-refractivity contribution in [2.75, 3.05) is 0 Å². The molecule has 0 fully saturated rings. The van der Waals surface area contributed by atoms with Crippen LogP contribution in [0.3, 0.4) is 0 Å². The van der Waals surface area contributed by atoms with E-state index in [1.54, 1.807) is 27.9 Å². The predicted octanol–water partition coefficient (Wildman–Crippen LogP) is 39.8. The normalized spacial score (nSPS) is 16.3. The Labute approximate surface area is 890 Å². The fourth-order valence-corrected chi connectivity index (χ4v) is 18.1. The van der Waals surface area contributed by atoms with Crippen molar-refractivity contribution in [3.8, 4) is 0 Å². The molecule has 0 aliphatic heterocycles. The van der Waals surface area contributed by atoms with E-state index in [0.717, 1.165) is 57.2 Å². The Morgan fingerprint density at radius 2 is 0.531 bits per heavy atom. The van der Waals surface area contributed by atoms with Crippen molar-refractivity contribution in [3.63, 3.8) is 0 Å². The number of benzene rings is 2. The van der Waals surface area contributed by atoms with E-state index in [-0.39, 0.29) is 65.0 Å². The zero-order valence-electron chi connectivity index (χ0n) is 103. The lowest BCUT2D eigenvalue weighted by Gasteiger charge is -2.25. The Bertz CT molecular complexity index is 5500. The van der Waals surface area contributed by atoms with Crippen LogP contribution in [0.15, 0.2) is 177 Å². The maximum absolute atomic E-state index is 4.84. The van der Waals surface area contributed by atoms with Gasteiger partial charge in [-0.1, -0.05) is 539 Å². The second-order valence-corrected chi connectivity index (χ2v) is 62.0. The molecule has 9 aliphatic rings. The molecule has 0 saturated carbocycles. The van der Waals surface area contributed by atoms with Gasteiger partial charge in [-0.25, -0.2) is 9.97 Å². The molecule has 5 heterocycles. The molecule has 0 N–H and O–H groups in total. The van der Waals surface area contributed by atoms with E-state index >= 15 is 0 Å². The van der Waals surface area contributed by atoms with Gasteiger partial charge in [-0.3, -0.25) is 19.9 Å². The van der Waals surface area contributed by atoms with Crippen LogP contribution in [0.2, 0.25) is 0 Å². The van der Waals surface area contributed by atoms with Crippen molar-refractivity contribution in [3.05, 3.63) is 295 Å². The second-order valence-electron chi connectivity index (χ2n) is 62.0. The van der Waals surface area contributed by atoms with Gasteiger partial charge in [0.05, 0.1) is 22.8 Å². The average molecular weight is 1960 g/mol. The van der Waals surface area contributed by atoms with E-state index in [4.69, 9.17) is 9.97 Å². The first-order chi connectivity index (χ1) is 65.2. The van der Waals surface area contributed by atoms with Gasteiger partial charge < -0.3 is 0 Å². The molecule has 5 aromatic heterocycles. The van der Waals surface area contributed by atoms with Gasteiger partial charge in [0.25, 0.3) is 0 Å². The Morgan fingerprint density at radius 1 is 0.186 bits per heavy atom. The summed E-state index contributed by atoms with van der Waals surface area (Å²) in [7, 11) is 0. The molecule has 6 nitrogen and oxygen atoms in total. The molecule has 9 aliphatic carbocycles. The van der Waals surface area contributed by atoms with Crippen LogP contribution >= 0.6 is 0 Å². The number of rotatable bonds is 0. The predicted molar refractivity (Wildman–Crippen MR) is 640 cm³/mol. The van der Waals surface area contributed by atoms with E-state index < -0.39 is 0 Å². The number of allylic oxidation sites excluding steroid dienone is 15. The van der Waals surface area contributed by atoms with E-state index in [2.05, 4.69) is 527 Å². The van der Waals surface area contributed by atoms with E-state index in [9.17, 15) is 0 Å².